The number of nitrogens with one attached hydrogen (secondary N) is 1. The van der Waals surface area contributed by atoms with Crippen LogP contribution in [0.3, 0.4) is 0 Å². The molecule has 1 amide bonds. The van der Waals surface area contributed by atoms with E-state index < -0.39 is 18.1 Å². The number of hydrogen-bond donors (Lipinski definition) is 1. The quantitative estimate of drug-likeness (QED) is 0.912. The first-order valence-corrected chi connectivity index (χ1v) is 5.47. The van der Waals surface area contributed by atoms with Crippen LogP contribution in [0.5, 0.6) is 0 Å². The van der Waals surface area contributed by atoms with E-state index in [1.807, 2.05) is 5.32 Å². The van der Waals surface area contributed by atoms with Crippen molar-refractivity contribution in [2.75, 3.05) is 0 Å². The van der Waals surface area contributed by atoms with Crippen molar-refractivity contribution in [1.82, 2.24) is 10.3 Å². The number of aromatic nitrogens is 1. The first kappa shape index (κ1) is 14.0. The summed E-state index contributed by atoms with van der Waals surface area (Å²) in [5.41, 5.74) is 0.202. The third-order valence-corrected chi connectivity index (χ3v) is 2.37. The van der Waals surface area contributed by atoms with E-state index in [0.29, 0.717) is 10.2 Å². The second kappa shape index (κ2) is 5.03. The monoisotopic (exact) mass is 310 g/mol. The highest BCUT2D eigenvalue weighted by atomic mass is 79.9. The van der Waals surface area contributed by atoms with E-state index in [0.717, 1.165) is 6.92 Å². The first-order valence-electron chi connectivity index (χ1n) is 4.68. The number of nitrogens with zero attached hydrogens (tertiary/aromatic N) is 1. The molecule has 0 spiro atoms. The Hall–Kier alpha value is -1.11. The van der Waals surface area contributed by atoms with Crippen LogP contribution >= 0.6 is 15.9 Å². The van der Waals surface area contributed by atoms with Crippen molar-refractivity contribution in [2.45, 2.75) is 26.1 Å². The Kier molecular flexibility index (Phi) is 4.13. The molecule has 17 heavy (non-hydrogen) atoms. The molecular formula is C10H10BrF3N2O. The molecule has 7 heteroatoms. The molecule has 0 radical (unpaired) electrons. The Morgan fingerprint density at radius 1 is 1.47 bits per heavy atom. The van der Waals surface area contributed by atoms with Crippen molar-refractivity contribution in [1.29, 1.82) is 0 Å². The predicted molar refractivity (Wildman–Crippen MR) is 59.3 cm³/mol. The van der Waals surface area contributed by atoms with Gasteiger partial charge in [-0.15, -0.1) is 0 Å². The number of amides is 1. The smallest absolute Gasteiger partial charge is 0.340 e. The van der Waals surface area contributed by atoms with Crippen LogP contribution in [0.2, 0.25) is 0 Å². The zero-order valence-corrected chi connectivity index (χ0v) is 10.7. The Morgan fingerprint density at radius 2 is 2.06 bits per heavy atom. The molecule has 3 nitrogen and oxygen atoms in total. The number of halogens is 4. The van der Waals surface area contributed by atoms with Gasteiger partial charge in [0.25, 0.3) is 0 Å². The van der Waals surface area contributed by atoms with Gasteiger partial charge in [-0.2, -0.15) is 13.2 Å². The van der Waals surface area contributed by atoms with Crippen LogP contribution in [0.15, 0.2) is 16.6 Å². The van der Waals surface area contributed by atoms with E-state index in [1.54, 1.807) is 13.0 Å². The van der Waals surface area contributed by atoms with E-state index in [-0.39, 0.29) is 5.69 Å². The van der Waals surface area contributed by atoms with Crippen molar-refractivity contribution >= 4 is 21.8 Å². The lowest BCUT2D eigenvalue weighted by atomic mass is 10.1. The second-order valence-electron chi connectivity index (χ2n) is 3.53. The van der Waals surface area contributed by atoms with Gasteiger partial charge in [0.1, 0.15) is 0 Å². The van der Waals surface area contributed by atoms with Crippen LogP contribution < -0.4 is 5.32 Å². The van der Waals surface area contributed by atoms with Crippen molar-refractivity contribution in [2.24, 2.45) is 0 Å². The Morgan fingerprint density at radius 3 is 2.47 bits per heavy atom. The fourth-order valence-electron chi connectivity index (χ4n) is 1.33. The molecule has 0 aromatic carbocycles. The number of carbonyl (C=O) groups excluding carboxylic acids is 1. The van der Waals surface area contributed by atoms with Gasteiger partial charge in [-0.05, 0) is 19.1 Å². The molecule has 0 bridgehead atoms. The highest BCUT2D eigenvalue weighted by Gasteiger charge is 2.42. The first-order chi connectivity index (χ1) is 7.70. The molecule has 0 aliphatic rings. The minimum atomic E-state index is -4.58. The van der Waals surface area contributed by atoms with E-state index in [4.69, 9.17) is 0 Å². The predicted octanol–water partition coefficient (Wildman–Crippen LogP) is 2.89. The molecule has 1 rings (SSSR count). The maximum atomic E-state index is 12.8. The van der Waals surface area contributed by atoms with Crippen LogP contribution in [0, 0.1) is 6.92 Å². The van der Waals surface area contributed by atoms with Crippen LogP contribution in [-0.2, 0) is 4.79 Å². The van der Waals surface area contributed by atoms with Crippen LogP contribution in [-0.4, -0.2) is 17.1 Å². The van der Waals surface area contributed by atoms with E-state index >= 15 is 0 Å². The normalized spacial score (nSPS) is 13.3. The highest BCUT2D eigenvalue weighted by molar-refractivity contribution is 9.10. The summed E-state index contributed by atoms with van der Waals surface area (Å²) in [5, 5.41) is 1.84. The van der Waals surface area contributed by atoms with Gasteiger partial charge in [-0.25, -0.2) is 0 Å². The average Bonchev–Trinajstić information content (AvgIpc) is 2.10. The maximum Gasteiger partial charge on any atom is 0.414 e. The fourth-order valence-corrected chi connectivity index (χ4v) is 1.89. The minimum Gasteiger partial charge on any atom is -0.340 e. The summed E-state index contributed by atoms with van der Waals surface area (Å²) in [6, 6.07) is 0.738. The zero-order valence-electron chi connectivity index (χ0n) is 9.10. The molecule has 1 aromatic rings. The minimum absolute atomic E-state index is 0.237. The largest absolute Gasteiger partial charge is 0.414 e. The lowest BCUT2D eigenvalue weighted by Gasteiger charge is -2.20. The molecule has 1 aromatic heterocycles. The number of aryl methyl sites for hydroxylation is 1. The summed E-state index contributed by atoms with van der Waals surface area (Å²) in [5.74, 6) is -0.758. The average molecular weight is 311 g/mol. The molecule has 1 atom stereocenters. The molecule has 0 aliphatic carbocycles. The summed E-state index contributed by atoms with van der Waals surface area (Å²) >= 11 is 3.09. The molecule has 94 valence electrons. The number of alkyl halides is 3. The van der Waals surface area contributed by atoms with Crippen molar-refractivity contribution < 1.29 is 18.0 Å². The van der Waals surface area contributed by atoms with Gasteiger partial charge in [0, 0.05) is 17.1 Å². The fraction of sp³-hybridized carbons (Fsp3) is 0.400. The SMILES string of the molecule is CC(=O)NC(c1cc(Br)cc(C)n1)C(F)(F)F. The molecule has 1 unspecified atom stereocenters. The zero-order chi connectivity index (χ0) is 13.2. The second-order valence-corrected chi connectivity index (χ2v) is 4.44. The van der Waals surface area contributed by atoms with Crippen LogP contribution in [0.1, 0.15) is 24.4 Å². The van der Waals surface area contributed by atoms with Gasteiger partial charge in [0.15, 0.2) is 6.04 Å². The highest BCUT2D eigenvalue weighted by Crippen LogP contribution is 2.32. The van der Waals surface area contributed by atoms with Crippen molar-refractivity contribution in [3.05, 3.63) is 28.0 Å². The topological polar surface area (TPSA) is 42.0 Å². The number of hydrogen-bond acceptors (Lipinski definition) is 2. The molecule has 1 heterocycles. The standard InChI is InChI=1S/C10H10BrF3N2O/c1-5-3-7(11)4-8(15-5)9(10(12,13)14)16-6(2)17/h3-4,9H,1-2H3,(H,16,17). The molecule has 0 saturated heterocycles. The molecule has 0 aliphatic heterocycles. The van der Waals surface area contributed by atoms with Gasteiger partial charge < -0.3 is 5.32 Å². The number of pyridine rings is 1. The summed E-state index contributed by atoms with van der Waals surface area (Å²) in [7, 11) is 0. The molecule has 1 N–H and O–H groups in total. The van der Waals surface area contributed by atoms with Gasteiger partial charge in [-0.1, -0.05) is 15.9 Å². The summed E-state index contributed by atoms with van der Waals surface area (Å²) < 4.78 is 38.8. The molecule has 0 fully saturated rings. The Bertz CT molecular complexity index is 414. The number of rotatable bonds is 2. The summed E-state index contributed by atoms with van der Waals surface area (Å²) in [6.07, 6.45) is -4.58. The van der Waals surface area contributed by atoms with Crippen molar-refractivity contribution in [3.63, 3.8) is 0 Å². The number of carbonyl (C=O) groups is 1. The van der Waals surface area contributed by atoms with E-state index in [9.17, 15) is 18.0 Å². The van der Waals surface area contributed by atoms with Crippen LogP contribution in [0.4, 0.5) is 13.2 Å². The lowest BCUT2D eigenvalue weighted by molar-refractivity contribution is -0.163. The van der Waals surface area contributed by atoms with Crippen LogP contribution in [0.25, 0.3) is 0 Å². The van der Waals surface area contributed by atoms with Crippen molar-refractivity contribution in [3.8, 4) is 0 Å². The van der Waals surface area contributed by atoms with Gasteiger partial charge >= 0.3 is 6.18 Å². The summed E-state index contributed by atoms with van der Waals surface area (Å²) in [6.45, 7) is 2.61. The summed E-state index contributed by atoms with van der Waals surface area (Å²) in [4.78, 5) is 14.6. The molecular weight excluding hydrogens is 301 g/mol. The third kappa shape index (κ3) is 3.99. The van der Waals surface area contributed by atoms with Gasteiger partial charge in [0.2, 0.25) is 5.91 Å². The van der Waals surface area contributed by atoms with Gasteiger partial charge in [-0.3, -0.25) is 9.78 Å². The third-order valence-electron chi connectivity index (χ3n) is 1.91. The van der Waals surface area contributed by atoms with E-state index in [2.05, 4.69) is 20.9 Å². The van der Waals surface area contributed by atoms with Gasteiger partial charge in [0.05, 0.1) is 5.69 Å². The lowest BCUT2D eigenvalue weighted by Crippen LogP contribution is -2.37. The molecule has 0 saturated carbocycles. The maximum absolute atomic E-state index is 12.8. The Labute approximate surface area is 105 Å². The van der Waals surface area contributed by atoms with E-state index in [1.165, 1.54) is 6.07 Å². The Balaban J connectivity index is 3.17.